The Hall–Kier alpha value is -2.17. The minimum Gasteiger partial charge on any atom is -0.497 e. The van der Waals surface area contributed by atoms with Crippen LogP contribution in [0.1, 0.15) is 6.42 Å². The quantitative estimate of drug-likeness (QED) is 0.473. The lowest BCUT2D eigenvalue weighted by atomic mass is 10.3. The predicted molar refractivity (Wildman–Crippen MR) is 118 cm³/mol. The van der Waals surface area contributed by atoms with Gasteiger partial charge in [-0.05, 0) is 48.7 Å². The molecule has 0 saturated heterocycles. The van der Waals surface area contributed by atoms with Crippen LogP contribution >= 0.6 is 23.1 Å². The SMILES string of the molecule is COc1ccc2c(c1)sc(=NC(=O)CCS(=O)(=O)c1ccc(F)cc1)n2CCSC. The first kappa shape index (κ1) is 22.5. The number of methoxy groups -OCH3 is 1. The average Bonchev–Trinajstić information content (AvgIpc) is 3.07. The van der Waals surface area contributed by atoms with E-state index in [1.165, 1.54) is 23.5 Å². The van der Waals surface area contributed by atoms with Gasteiger partial charge >= 0.3 is 0 Å². The Morgan fingerprint density at radius 2 is 1.97 bits per heavy atom. The van der Waals surface area contributed by atoms with Crippen molar-refractivity contribution in [3.63, 3.8) is 0 Å². The number of sulfone groups is 1. The highest BCUT2D eigenvalue weighted by molar-refractivity contribution is 7.98. The summed E-state index contributed by atoms with van der Waals surface area (Å²) in [6, 6.07) is 10.2. The number of carbonyl (C=O) groups is 1. The van der Waals surface area contributed by atoms with Crippen LogP contribution < -0.4 is 9.54 Å². The van der Waals surface area contributed by atoms with Gasteiger partial charge in [-0.2, -0.15) is 16.8 Å². The smallest absolute Gasteiger partial charge is 0.249 e. The number of thioether (sulfide) groups is 1. The summed E-state index contributed by atoms with van der Waals surface area (Å²) >= 11 is 3.04. The van der Waals surface area contributed by atoms with E-state index < -0.39 is 21.6 Å². The molecule has 0 radical (unpaired) electrons. The van der Waals surface area contributed by atoms with Crippen molar-refractivity contribution in [1.29, 1.82) is 0 Å². The second-order valence-electron chi connectivity index (χ2n) is 6.39. The van der Waals surface area contributed by atoms with Crippen molar-refractivity contribution in [3.05, 3.63) is 53.1 Å². The van der Waals surface area contributed by atoms with Gasteiger partial charge in [-0.3, -0.25) is 4.79 Å². The molecule has 3 aromatic rings. The molecule has 0 atom stereocenters. The Bertz CT molecular complexity index is 1220. The fraction of sp³-hybridized carbons (Fsp3) is 0.300. The highest BCUT2D eigenvalue weighted by atomic mass is 32.2. The number of thiazole rings is 1. The number of aromatic nitrogens is 1. The standard InChI is InChI=1S/C20H21FN2O4S3/c1-27-15-5-8-17-18(13-15)29-20(23(17)10-11-28-2)22-19(24)9-12-30(25,26)16-6-3-14(21)4-7-16/h3-8,13H,9-12H2,1-2H3. The van der Waals surface area contributed by atoms with Crippen LogP contribution in [0.3, 0.4) is 0 Å². The number of rotatable bonds is 8. The average molecular weight is 469 g/mol. The van der Waals surface area contributed by atoms with Gasteiger partial charge in [0.05, 0.1) is 28.0 Å². The summed E-state index contributed by atoms with van der Waals surface area (Å²) in [4.78, 5) is 17.1. The molecule has 10 heteroatoms. The molecular weight excluding hydrogens is 447 g/mol. The van der Waals surface area contributed by atoms with Crippen LogP contribution in [0.2, 0.25) is 0 Å². The molecular formula is C20H21FN2O4S3. The molecule has 2 aromatic carbocycles. The van der Waals surface area contributed by atoms with Crippen molar-refractivity contribution in [2.45, 2.75) is 17.9 Å². The van der Waals surface area contributed by atoms with E-state index in [4.69, 9.17) is 4.74 Å². The number of hydrogen-bond acceptors (Lipinski definition) is 6. The maximum Gasteiger partial charge on any atom is 0.249 e. The first-order valence-electron chi connectivity index (χ1n) is 9.06. The molecule has 1 amide bonds. The number of carbonyl (C=O) groups excluding carboxylic acids is 1. The summed E-state index contributed by atoms with van der Waals surface area (Å²) in [5, 5.41) is 0. The van der Waals surface area contributed by atoms with Gasteiger partial charge in [0, 0.05) is 18.7 Å². The molecule has 0 fully saturated rings. The summed E-state index contributed by atoms with van der Waals surface area (Å²) in [5.41, 5.74) is 0.945. The molecule has 0 spiro atoms. The molecule has 0 aliphatic rings. The third-order valence-electron chi connectivity index (χ3n) is 4.39. The van der Waals surface area contributed by atoms with Crippen LogP contribution in [0, 0.1) is 5.82 Å². The van der Waals surface area contributed by atoms with Crippen molar-refractivity contribution in [2.75, 3.05) is 24.9 Å². The third kappa shape index (κ3) is 5.30. The number of aryl methyl sites for hydroxylation is 1. The first-order valence-corrected chi connectivity index (χ1v) is 12.9. The van der Waals surface area contributed by atoms with Gasteiger partial charge in [0.1, 0.15) is 11.6 Å². The minimum absolute atomic E-state index is 0.0132. The Labute approximate surface area is 182 Å². The fourth-order valence-corrected chi connectivity index (χ4v) is 5.51. The van der Waals surface area contributed by atoms with E-state index in [2.05, 4.69) is 4.99 Å². The van der Waals surface area contributed by atoms with Gasteiger partial charge in [-0.1, -0.05) is 11.3 Å². The van der Waals surface area contributed by atoms with E-state index in [1.807, 2.05) is 29.0 Å². The van der Waals surface area contributed by atoms with Crippen LogP contribution in [0.25, 0.3) is 10.2 Å². The maximum absolute atomic E-state index is 13.0. The van der Waals surface area contributed by atoms with Gasteiger partial charge in [0.2, 0.25) is 5.91 Å². The van der Waals surface area contributed by atoms with Gasteiger partial charge in [0.15, 0.2) is 14.6 Å². The minimum atomic E-state index is -3.69. The molecule has 1 heterocycles. The van der Waals surface area contributed by atoms with E-state index in [9.17, 15) is 17.6 Å². The van der Waals surface area contributed by atoms with Crippen LogP contribution in [0.15, 0.2) is 52.4 Å². The zero-order valence-electron chi connectivity index (χ0n) is 16.5. The summed E-state index contributed by atoms with van der Waals surface area (Å²) in [6.07, 6.45) is 1.75. The zero-order chi connectivity index (χ0) is 21.7. The van der Waals surface area contributed by atoms with Crippen LogP contribution in [0.4, 0.5) is 4.39 Å². The second kappa shape index (κ2) is 9.76. The lowest BCUT2D eigenvalue weighted by molar-refractivity contribution is -0.117. The summed E-state index contributed by atoms with van der Waals surface area (Å²) in [7, 11) is -2.10. The number of benzene rings is 2. The largest absolute Gasteiger partial charge is 0.497 e. The first-order chi connectivity index (χ1) is 14.3. The Kier molecular flexibility index (Phi) is 7.32. The molecule has 0 N–H and O–H groups in total. The Morgan fingerprint density at radius 3 is 2.63 bits per heavy atom. The molecule has 0 aliphatic heterocycles. The number of ether oxygens (including phenoxy) is 1. The predicted octanol–water partition coefficient (Wildman–Crippen LogP) is 3.50. The summed E-state index contributed by atoms with van der Waals surface area (Å²) in [5.74, 6) is 0.139. The van der Waals surface area contributed by atoms with Gasteiger partial charge in [-0.15, -0.1) is 0 Å². The number of nitrogens with zero attached hydrogens (tertiary/aromatic N) is 2. The molecule has 30 heavy (non-hydrogen) atoms. The highest BCUT2D eigenvalue weighted by Crippen LogP contribution is 2.23. The maximum atomic E-state index is 13.0. The van der Waals surface area contributed by atoms with E-state index in [-0.39, 0.29) is 17.1 Å². The van der Waals surface area contributed by atoms with Gasteiger partial charge in [-0.25, -0.2) is 12.8 Å². The molecule has 1 aromatic heterocycles. The third-order valence-corrected chi connectivity index (χ3v) is 7.75. The lowest BCUT2D eigenvalue weighted by Crippen LogP contribution is -2.19. The molecule has 0 saturated carbocycles. The van der Waals surface area contributed by atoms with E-state index in [1.54, 1.807) is 18.9 Å². The molecule has 160 valence electrons. The van der Waals surface area contributed by atoms with Crippen LogP contribution in [0.5, 0.6) is 5.75 Å². The molecule has 3 rings (SSSR count). The second-order valence-corrected chi connectivity index (χ2v) is 10.5. The molecule has 0 unspecified atom stereocenters. The molecule has 0 bridgehead atoms. The van der Waals surface area contributed by atoms with Gasteiger partial charge in [0.25, 0.3) is 0 Å². The number of amides is 1. The monoisotopic (exact) mass is 468 g/mol. The zero-order valence-corrected chi connectivity index (χ0v) is 18.9. The van der Waals surface area contributed by atoms with E-state index in [0.717, 1.165) is 28.1 Å². The Balaban J connectivity index is 1.85. The topological polar surface area (TPSA) is 77.7 Å². The van der Waals surface area contributed by atoms with Crippen molar-refractivity contribution < 1.29 is 22.3 Å². The van der Waals surface area contributed by atoms with Crippen LogP contribution in [-0.4, -0.2) is 43.8 Å². The highest BCUT2D eigenvalue weighted by Gasteiger charge is 2.17. The molecule has 0 aliphatic carbocycles. The summed E-state index contributed by atoms with van der Waals surface area (Å²) < 4.78 is 45.9. The fourth-order valence-electron chi connectivity index (χ4n) is 2.81. The lowest BCUT2D eigenvalue weighted by Gasteiger charge is -2.05. The van der Waals surface area contributed by atoms with Gasteiger partial charge < -0.3 is 9.30 Å². The van der Waals surface area contributed by atoms with Crippen molar-refractivity contribution in [2.24, 2.45) is 4.99 Å². The molecule has 6 nitrogen and oxygen atoms in total. The van der Waals surface area contributed by atoms with E-state index in [0.29, 0.717) is 17.1 Å². The normalized spacial score (nSPS) is 12.4. The van der Waals surface area contributed by atoms with Crippen molar-refractivity contribution >= 4 is 49.1 Å². The van der Waals surface area contributed by atoms with Crippen molar-refractivity contribution in [3.8, 4) is 5.75 Å². The van der Waals surface area contributed by atoms with E-state index >= 15 is 0 Å². The Morgan fingerprint density at radius 1 is 1.23 bits per heavy atom. The number of halogens is 1. The summed E-state index contributed by atoms with van der Waals surface area (Å²) in [6.45, 7) is 0.674. The van der Waals surface area contributed by atoms with Crippen LogP contribution in [-0.2, 0) is 21.2 Å². The van der Waals surface area contributed by atoms with Crippen molar-refractivity contribution in [1.82, 2.24) is 4.57 Å². The number of hydrogen-bond donors (Lipinski definition) is 0. The number of fused-ring (bicyclic) bond motifs is 1.